The molecule has 0 aliphatic rings. The average molecular weight is 156 g/mol. The molecule has 2 nitrogen and oxygen atoms in total. The molecule has 0 rings (SSSR count). The summed E-state index contributed by atoms with van der Waals surface area (Å²) >= 11 is 0. The number of hydrogen-bond donors (Lipinski definition) is 0. The maximum atomic E-state index is 10.8. The molecule has 0 aromatic heterocycles. The molecule has 2 heteroatoms. The summed E-state index contributed by atoms with van der Waals surface area (Å²) in [5.74, 6) is -0.102. The summed E-state index contributed by atoms with van der Waals surface area (Å²) in [6.07, 6.45) is 3.06. The van der Waals surface area contributed by atoms with Crippen LogP contribution in [0.4, 0.5) is 0 Å². The second-order valence-electron chi connectivity index (χ2n) is 3.36. The van der Waals surface area contributed by atoms with Crippen molar-refractivity contribution in [1.82, 2.24) is 5.73 Å². The van der Waals surface area contributed by atoms with Gasteiger partial charge in [-0.1, -0.05) is 33.6 Å². The number of amides is 1. The molecule has 0 saturated carbocycles. The fraction of sp³-hybridized carbons (Fsp3) is 0.889. The Bertz CT molecular complexity index is 121. The molecule has 0 aromatic rings. The Kier molecular flexibility index (Phi) is 4.92. The maximum Gasteiger partial charge on any atom is 0.241 e. The third-order valence-electron chi connectivity index (χ3n) is 2.01. The van der Waals surface area contributed by atoms with Gasteiger partial charge in [0, 0.05) is 5.92 Å². The molecule has 0 heterocycles. The highest BCUT2D eigenvalue weighted by molar-refractivity contribution is 5.76. The Labute approximate surface area is 69.2 Å². The van der Waals surface area contributed by atoms with Gasteiger partial charge in [-0.05, 0) is 12.3 Å². The molecule has 1 atom stereocenters. The minimum atomic E-state index is -0.395. The van der Waals surface area contributed by atoms with Gasteiger partial charge in [0.15, 0.2) is 0 Å². The lowest BCUT2D eigenvalue weighted by molar-refractivity contribution is -0.124. The number of carbonyl (C=O) groups excluding carboxylic acids is 1. The topological polar surface area (TPSA) is 40.9 Å². The highest BCUT2D eigenvalue weighted by atomic mass is 16.1. The minimum absolute atomic E-state index is 0.0325. The van der Waals surface area contributed by atoms with Crippen LogP contribution in [0.5, 0.6) is 0 Å². The van der Waals surface area contributed by atoms with Crippen LogP contribution < -0.4 is 5.73 Å². The second-order valence-corrected chi connectivity index (χ2v) is 3.36. The van der Waals surface area contributed by atoms with Crippen LogP contribution in [0, 0.1) is 11.8 Å². The van der Waals surface area contributed by atoms with Gasteiger partial charge in [0.05, 0.1) is 0 Å². The Morgan fingerprint density at radius 1 is 1.45 bits per heavy atom. The van der Waals surface area contributed by atoms with Crippen LogP contribution in [0.1, 0.15) is 40.0 Å². The SMILES string of the molecule is CCCCC(C([NH])=O)C(C)C. The quantitative estimate of drug-likeness (QED) is 0.602. The average Bonchev–Trinajstić information content (AvgIpc) is 1.87. The molecular weight excluding hydrogens is 138 g/mol. The van der Waals surface area contributed by atoms with Gasteiger partial charge in [0.25, 0.3) is 0 Å². The highest BCUT2D eigenvalue weighted by Gasteiger charge is 2.18. The van der Waals surface area contributed by atoms with Crippen LogP contribution in [0.15, 0.2) is 0 Å². The van der Waals surface area contributed by atoms with Gasteiger partial charge in [-0.25, -0.2) is 0 Å². The van der Waals surface area contributed by atoms with Crippen molar-refractivity contribution in [3.8, 4) is 0 Å². The minimum Gasteiger partial charge on any atom is -0.273 e. The molecule has 0 saturated heterocycles. The van der Waals surface area contributed by atoms with E-state index in [2.05, 4.69) is 6.92 Å². The Balaban J connectivity index is 3.80. The highest BCUT2D eigenvalue weighted by Crippen LogP contribution is 2.17. The van der Waals surface area contributed by atoms with Crippen LogP contribution in [0.2, 0.25) is 0 Å². The Hall–Kier alpha value is -0.530. The van der Waals surface area contributed by atoms with Crippen molar-refractivity contribution in [2.24, 2.45) is 11.8 Å². The molecule has 1 radical (unpaired) electrons. The van der Waals surface area contributed by atoms with Crippen LogP contribution in [-0.4, -0.2) is 5.91 Å². The summed E-state index contributed by atoms with van der Waals surface area (Å²) in [7, 11) is 0. The number of carbonyl (C=O) groups is 1. The van der Waals surface area contributed by atoms with Gasteiger partial charge in [-0.2, -0.15) is 0 Å². The first-order valence-electron chi connectivity index (χ1n) is 4.35. The van der Waals surface area contributed by atoms with Crippen LogP contribution in [0.25, 0.3) is 0 Å². The molecule has 0 fully saturated rings. The van der Waals surface area contributed by atoms with Crippen molar-refractivity contribution < 1.29 is 4.79 Å². The van der Waals surface area contributed by atoms with Gasteiger partial charge in [0.1, 0.15) is 0 Å². The molecular formula is C9H18NO. The molecule has 11 heavy (non-hydrogen) atoms. The van der Waals surface area contributed by atoms with Crippen LogP contribution >= 0.6 is 0 Å². The number of hydrogen-bond acceptors (Lipinski definition) is 1. The predicted octanol–water partition coefficient (Wildman–Crippen LogP) is 2.26. The Morgan fingerprint density at radius 3 is 2.27 bits per heavy atom. The maximum absolute atomic E-state index is 10.8. The molecule has 1 N–H and O–H groups in total. The molecule has 0 aromatic carbocycles. The number of nitrogens with one attached hydrogen (secondary N) is 1. The van der Waals surface area contributed by atoms with Gasteiger partial charge >= 0.3 is 0 Å². The summed E-state index contributed by atoms with van der Waals surface area (Å²) in [6, 6.07) is 0. The van der Waals surface area contributed by atoms with E-state index in [-0.39, 0.29) is 5.92 Å². The fourth-order valence-corrected chi connectivity index (χ4v) is 1.19. The van der Waals surface area contributed by atoms with Crippen molar-refractivity contribution in [3.63, 3.8) is 0 Å². The summed E-state index contributed by atoms with van der Waals surface area (Å²) in [5.41, 5.74) is 7.00. The van der Waals surface area contributed by atoms with Gasteiger partial charge < -0.3 is 0 Å². The zero-order valence-corrected chi connectivity index (χ0v) is 7.68. The Morgan fingerprint density at radius 2 is 2.00 bits per heavy atom. The molecule has 0 spiro atoms. The fourth-order valence-electron chi connectivity index (χ4n) is 1.19. The monoisotopic (exact) mass is 156 g/mol. The lowest BCUT2D eigenvalue weighted by Gasteiger charge is -2.15. The first-order valence-corrected chi connectivity index (χ1v) is 4.35. The van der Waals surface area contributed by atoms with E-state index in [4.69, 9.17) is 5.73 Å². The van der Waals surface area contributed by atoms with E-state index < -0.39 is 5.91 Å². The van der Waals surface area contributed by atoms with Crippen LogP contribution in [-0.2, 0) is 4.79 Å². The van der Waals surface area contributed by atoms with Crippen molar-refractivity contribution in [1.29, 1.82) is 0 Å². The van der Waals surface area contributed by atoms with Crippen molar-refractivity contribution in [3.05, 3.63) is 0 Å². The van der Waals surface area contributed by atoms with E-state index in [1.165, 1.54) is 0 Å². The van der Waals surface area contributed by atoms with Crippen molar-refractivity contribution >= 4 is 5.91 Å². The normalized spacial score (nSPS) is 13.5. The van der Waals surface area contributed by atoms with Crippen LogP contribution in [0.3, 0.4) is 0 Å². The molecule has 0 aliphatic carbocycles. The van der Waals surface area contributed by atoms with E-state index >= 15 is 0 Å². The third kappa shape index (κ3) is 4.02. The number of rotatable bonds is 5. The molecule has 1 unspecified atom stereocenters. The summed E-state index contributed by atoms with van der Waals surface area (Å²) in [4.78, 5) is 10.8. The van der Waals surface area contributed by atoms with E-state index in [1.54, 1.807) is 0 Å². The smallest absolute Gasteiger partial charge is 0.241 e. The second kappa shape index (κ2) is 5.16. The zero-order valence-electron chi connectivity index (χ0n) is 7.68. The van der Waals surface area contributed by atoms with Crippen molar-refractivity contribution in [2.45, 2.75) is 40.0 Å². The predicted molar refractivity (Wildman–Crippen MR) is 46.0 cm³/mol. The van der Waals surface area contributed by atoms with Gasteiger partial charge in [0.2, 0.25) is 5.91 Å². The summed E-state index contributed by atoms with van der Waals surface area (Å²) in [5, 5.41) is 0. The molecule has 0 aliphatic heterocycles. The molecule has 0 bridgehead atoms. The first-order chi connectivity index (χ1) is 5.09. The number of unbranched alkanes of at least 4 members (excludes halogenated alkanes) is 1. The lowest BCUT2D eigenvalue weighted by atomic mass is 9.90. The van der Waals surface area contributed by atoms with E-state index in [0.29, 0.717) is 5.92 Å². The van der Waals surface area contributed by atoms with E-state index in [1.807, 2.05) is 13.8 Å². The van der Waals surface area contributed by atoms with Crippen molar-refractivity contribution in [2.75, 3.05) is 0 Å². The van der Waals surface area contributed by atoms with E-state index in [0.717, 1.165) is 19.3 Å². The van der Waals surface area contributed by atoms with Gasteiger partial charge in [-0.15, -0.1) is 0 Å². The first kappa shape index (κ1) is 10.5. The van der Waals surface area contributed by atoms with Gasteiger partial charge in [-0.3, -0.25) is 10.5 Å². The zero-order chi connectivity index (χ0) is 8.85. The van der Waals surface area contributed by atoms with E-state index in [9.17, 15) is 4.79 Å². The summed E-state index contributed by atoms with van der Waals surface area (Å²) in [6.45, 7) is 6.12. The molecule has 65 valence electrons. The lowest BCUT2D eigenvalue weighted by Crippen LogP contribution is -2.20. The third-order valence-corrected chi connectivity index (χ3v) is 2.01. The standard InChI is InChI=1S/C9H18NO/c1-4-5-6-8(7(2)3)9(10)11/h7-8,10H,4-6H2,1-3H3. The largest absolute Gasteiger partial charge is 0.273 e. The summed E-state index contributed by atoms with van der Waals surface area (Å²) < 4.78 is 0. The molecule has 1 amide bonds.